The number of esters is 1. The van der Waals surface area contributed by atoms with Crippen molar-refractivity contribution in [1.82, 2.24) is 0 Å². The molecule has 0 fully saturated rings. The Hall–Kier alpha value is 0.260. The minimum absolute atomic E-state index is 0. The van der Waals surface area contributed by atoms with Crippen molar-refractivity contribution in [2.24, 2.45) is 0 Å². The maximum atomic E-state index is 10.5. The van der Waals surface area contributed by atoms with E-state index in [1.807, 2.05) is 13.8 Å². The topological polar surface area (TPSA) is 26.3 Å². The molecule has 0 aromatic rings. The van der Waals surface area contributed by atoms with Crippen LogP contribution >= 0.6 is 0 Å². The zero-order valence-electron chi connectivity index (χ0n) is 6.05. The number of carbonyl (C=O) groups excluding carboxylic acids is 1. The van der Waals surface area contributed by atoms with Gasteiger partial charge in [-0.3, -0.25) is 0 Å². The normalized spacial score (nSPS) is 12.9. The fourth-order valence-corrected chi connectivity index (χ4v) is 0.476. The van der Waals surface area contributed by atoms with Crippen molar-refractivity contribution in [2.45, 2.75) is 17.8 Å². The second kappa shape index (κ2) is 4.17. The Morgan fingerprint density at radius 2 is 2.50 bits per heavy atom. The van der Waals surface area contributed by atoms with Crippen LogP contribution in [0.25, 0.3) is 0 Å². The molecule has 1 atom stereocenters. The fraction of sp³-hybridized carbons (Fsp3) is 0.800. The van der Waals surface area contributed by atoms with E-state index in [1.165, 1.54) is 22.3 Å². The van der Waals surface area contributed by atoms with E-state index in [1.54, 1.807) is 0 Å². The first-order valence-corrected chi connectivity index (χ1v) is 4.00. The van der Waals surface area contributed by atoms with Crippen LogP contribution in [0.5, 0.6) is 0 Å². The van der Waals surface area contributed by atoms with Crippen LogP contribution in [0.4, 0.5) is 0 Å². The van der Waals surface area contributed by atoms with Crippen LogP contribution in [0.3, 0.4) is 0 Å². The van der Waals surface area contributed by atoms with Crippen molar-refractivity contribution in [3.8, 4) is 0 Å². The third kappa shape index (κ3) is 3.29. The molecule has 0 saturated heterocycles. The van der Waals surface area contributed by atoms with Crippen molar-refractivity contribution in [1.29, 1.82) is 0 Å². The van der Waals surface area contributed by atoms with Crippen LogP contribution in [-0.4, -0.2) is 34.9 Å². The first-order chi connectivity index (χ1) is 3.68. The van der Waals surface area contributed by atoms with Crippen LogP contribution in [0.15, 0.2) is 0 Å². The van der Waals surface area contributed by atoms with E-state index in [-0.39, 0.29) is 11.4 Å². The molecule has 2 nitrogen and oxygen atoms in total. The molecule has 0 saturated carbocycles. The van der Waals surface area contributed by atoms with E-state index in [0.717, 1.165) is 0 Å². The molecule has 0 bridgehead atoms. The van der Waals surface area contributed by atoms with Crippen LogP contribution in [0, 0.1) is 0 Å². The molecule has 8 heavy (non-hydrogen) atoms. The molecule has 0 aliphatic heterocycles. The number of ether oxygens (including phenoxy) is 1. The number of rotatable bonds is 2. The Labute approximate surface area is 64.0 Å². The van der Waals surface area contributed by atoms with Gasteiger partial charge in [0.15, 0.2) is 0 Å². The maximum absolute atomic E-state index is 10.5. The van der Waals surface area contributed by atoms with Gasteiger partial charge in [-0.1, -0.05) is 0 Å². The van der Waals surface area contributed by atoms with Crippen LogP contribution in [0.2, 0.25) is 3.97 Å². The summed E-state index contributed by atoms with van der Waals surface area (Å²) in [4.78, 5) is 10.5. The van der Waals surface area contributed by atoms with Gasteiger partial charge in [0.05, 0.1) is 0 Å². The number of hydrogen-bond donors (Lipinski definition) is 0. The summed E-state index contributed by atoms with van der Waals surface area (Å²) >= 11 is 1.48. The van der Waals surface area contributed by atoms with Crippen LogP contribution < -0.4 is 0 Å². The molecule has 0 heterocycles. The summed E-state index contributed by atoms with van der Waals surface area (Å²) in [5.74, 6) is -0.0958. The maximum Gasteiger partial charge on any atom is 1.00 e. The summed E-state index contributed by atoms with van der Waals surface area (Å²) in [6.45, 7) is 4.14. The summed E-state index contributed by atoms with van der Waals surface area (Å²) in [6.07, 6.45) is 0. The largest absolute Gasteiger partial charge is 1.00 e. The van der Waals surface area contributed by atoms with E-state index in [2.05, 4.69) is 4.74 Å². The first-order valence-electron chi connectivity index (χ1n) is 2.53. The summed E-state index contributed by atoms with van der Waals surface area (Å²) in [7, 11) is 0. The molecule has 0 N–H and O–H groups in total. The molecule has 0 aliphatic rings. The van der Waals surface area contributed by atoms with Gasteiger partial charge in [-0.15, -0.1) is 0 Å². The van der Waals surface area contributed by atoms with E-state index < -0.39 is 0 Å². The van der Waals surface area contributed by atoms with Crippen LogP contribution in [0.1, 0.15) is 15.3 Å². The van der Waals surface area contributed by atoms with Gasteiger partial charge in [0.2, 0.25) is 0 Å². The summed E-state index contributed by atoms with van der Waals surface area (Å²) in [6, 6.07) is 0. The molecule has 0 aromatic carbocycles. The Kier molecular flexibility index (Phi) is 4.30. The Balaban J connectivity index is 0. The van der Waals surface area contributed by atoms with Crippen molar-refractivity contribution in [2.75, 3.05) is 6.61 Å². The van der Waals surface area contributed by atoms with Crippen molar-refractivity contribution < 1.29 is 11.0 Å². The predicted octanol–water partition coefficient (Wildman–Crippen LogP) is 0.371. The number of carbonyl (C=O) groups is 1. The van der Waals surface area contributed by atoms with Gasteiger partial charge < -0.3 is 0 Å². The second-order valence-electron chi connectivity index (χ2n) is 1.43. The zero-order chi connectivity index (χ0) is 6.57. The fourth-order valence-electron chi connectivity index (χ4n) is 0.263. The van der Waals surface area contributed by atoms with E-state index in [9.17, 15) is 4.79 Å². The third-order valence-corrected chi connectivity index (χ3v) is 1.23. The van der Waals surface area contributed by atoms with Gasteiger partial charge in [-0.05, 0) is 0 Å². The number of hydrogen-bond acceptors (Lipinski definition) is 2. The van der Waals surface area contributed by atoms with Crippen molar-refractivity contribution in [3.63, 3.8) is 0 Å². The average Bonchev–Trinajstić information content (AvgIpc) is 1.67. The van der Waals surface area contributed by atoms with E-state index >= 15 is 0 Å². The smallest absolute Gasteiger partial charge is 1.00 e. The molecular formula is C5H11O2Te+. The van der Waals surface area contributed by atoms with Crippen LogP contribution in [-0.2, 0) is 9.53 Å². The third-order valence-electron chi connectivity index (χ3n) is 0.628. The van der Waals surface area contributed by atoms with Gasteiger partial charge in [0.1, 0.15) is 0 Å². The first kappa shape index (κ1) is 8.26. The summed E-state index contributed by atoms with van der Waals surface area (Å²) in [5.41, 5.74) is 0. The molecular weight excluding hydrogens is 220 g/mol. The SMILES string of the molecule is CCOC(=O)C(C)[TeH].[H+]. The molecule has 0 rings (SSSR count). The van der Waals surface area contributed by atoms with Gasteiger partial charge in [-0.2, -0.15) is 0 Å². The molecule has 3 heteroatoms. The summed E-state index contributed by atoms with van der Waals surface area (Å²) in [5, 5.41) is 0. The quantitative estimate of drug-likeness (QED) is 0.506. The Bertz CT molecular complexity index is 85.0. The molecule has 0 spiro atoms. The molecule has 48 valence electrons. The van der Waals surface area contributed by atoms with E-state index in [0.29, 0.717) is 6.61 Å². The molecule has 1 unspecified atom stereocenters. The Morgan fingerprint density at radius 3 is 2.62 bits per heavy atom. The van der Waals surface area contributed by atoms with Gasteiger partial charge >= 0.3 is 63.6 Å². The molecule has 0 aliphatic carbocycles. The van der Waals surface area contributed by atoms with Gasteiger partial charge in [-0.25, -0.2) is 0 Å². The van der Waals surface area contributed by atoms with Crippen molar-refractivity contribution in [3.05, 3.63) is 0 Å². The minimum Gasteiger partial charge on any atom is 1.00 e. The van der Waals surface area contributed by atoms with Gasteiger partial charge in [0, 0.05) is 0 Å². The van der Waals surface area contributed by atoms with Crippen molar-refractivity contribution >= 4 is 28.3 Å². The molecule has 0 aromatic heterocycles. The Morgan fingerprint density at radius 1 is 2.00 bits per heavy atom. The molecule has 0 radical (unpaired) electrons. The zero-order valence-corrected chi connectivity index (χ0v) is 7.60. The second-order valence-corrected chi connectivity index (χ2v) is 3.64. The summed E-state index contributed by atoms with van der Waals surface area (Å²) < 4.78 is 4.74. The average molecular weight is 231 g/mol. The standard InChI is InChI=1S/C5H10O2Te/c1-3-7-5(6)4(2)8/h4,8H,3H2,1-2H3/p+1. The monoisotopic (exact) mass is 233 g/mol. The van der Waals surface area contributed by atoms with Gasteiger partial charge in [0.25, 0.3) is 0 Å². The molecule has 0 amide bonds. The van der Waals surface area contributed by atoms with E-state index in [4.69, 9.17) is 0 Å². The minimum atomic E-state index is -0.0958. The predicted molar refractivity (Wildman–Crippen MR) is 34.3 cm³/mol.